The Balaban J connectivity index is 1.65. The third kappa shape index (κ3) is 3.10. The number of piperazine rings is 1. The van der Waals surface area contributed by atoms with Crippen molar-refractivity contribution in [3.63, 3.8) is 0 Å². The van der Waals surface area contributed by atoms with Crippen LogP contribution in [0.3, 0.4) is 0 Å². The lowest BCUT2D eigenvalue weighted by molar-refractivity contribution is 0.209. The minimum Gasteiger partial charge on any atom is -0.354 e. The number of benzene rings is 2. The zero-order chi connectivity index (χ0) is 16.4. The van der Waals surface area contributed by atoms with E-state index in [0.717, 1.165) is 32.6 Å². The van der Waals surface area contributed by atoms with Crippen LogP contribution in [-0.2, 0) is 6.42 Å². The first-order valence-corrected chi connectivity index (χ1v) is 8.92. The van der Waals surface area contributed by atoms with E-state index in [-0.39, 0.29) is 0 Å². The van der Waals surface area contributed by atoms with E-state index in [4.69, 9.17) is 0 Å². The number of para-hydroxylation sites is 1. The van der Waals surface area contributed by atoms with Gasteiger partial charge in [-0.1, -0.05) is 48.5 Å². The van der Waals surface area contributed by atoms with Crippen molar-refractivity contribution in [3.05, 3.63) is 60.2 Å². The second-order valence-corrected chi connectivity index (χ2v) is 6.80. The maximum Gasteiger partial charge on any atom is 0.0497 e. The summed E-state index contributed by atoms with van der Waals surface area (Å²) < 4.78 is 0. The van der Waals surface area contributed by atoms with Crippen molar-refractivity contribution in [3.8, 4) is 11.3 Å². The number of nitrogens with one attached hydrogen (secondary N) is 2. The van der Waals surface area contributed by atoms with E-state index in [1.807, 2.05) is 0 Å². The highest BCUT2D eigenvalue weighted by Crippen LogP contribution is 2.30. The first kappa shape index (κ1) is 15.4. The zero-order valence-corrected chi connectivity index (χ0v) is 14.3. The van der Waals surface area contributed by atoms with Crippen molar-refractivity contribution in [2.45, 2.75) is 19.4 Å². The van der Waals surface area contributed by atoms with Crippen molar-refractivity contribution in [2.24, 2.45) is 0 Å². The minimum atomic E-state index is 0.593. The fourth-order valence-electron chi connectivity index (χ4n) is 3.80. The van der Waals surface area contributed by atoms with Crippen molar-refractivity contribution in [1.29, 1.82) is 0 Å². The molecule has 2 N–H and O–H groups in total. The van der Waals surface area contributed by atoms with Crippen LogP contribution in [0.1, 0.15) is 12.5 Å². The van der Waals surface area contributed by atoms with Gasteiger partial charge in [0, 0.05) is 48.8 Å². The lowest BCUT2D eigenvalue weighted by atomic mass is 10.0. The van der Waals surface area contributed by atoms with Crippen LogP contribution in [0, 0.1) is 0 Å². The maximum absolute atomic E-state index is 3.65. The summed E-state index contributed by atoms with van der Waals surface area (Å²) >= 11 is 0. The Kier molecular flexibility index (Phi) is 4.37. The first-order chi connectivity index (χ1) is 11.8. The zero-order valence-electron chi connectivity index (χ0n) is 14.3. The summed E-state index contributed by atoms with van der Waals surface area (Å²) in [5, 5.41) is 4.88. The number of hydrogen-bond acceptors (Lipinski definition) is 2. The first-order valence-electron chi connectivity index (χ1n) is 8.92. The molecule has 0 radical (unpaired) electrons. The molecule has 0 spiro atoms. The molecule has 3 nitrogen and oxygen atoms in total. The summed E-state index contributed by atoms with van der Waals surface area (Å²) in [4.78, 5) is 6.23. The van der Waals surface area contributed by atoms with E-state index in [0.29, 0.717) is 6.04 Å². The molecule has 1 aliphatic rings. The maximum atomic E-state index is 3.65. The van der Waals surface area contributed by atoms with Gasteiger partial charge < -0.3 is 15.2 Å². The summed E-state index contributed by atoms with van der Waals surface area (Å²) in [6.07, 6.45) is 1.08. The summed E-state index contributed by atoms with van der Waals surface area (Å²) in [6.45, 7) is 6.78. The van der Waals surface area contributed by atoms with E-state index >= 15 is 0 Å². The Morgan fingerprint density at radius 1 is 1.04 bits per heavy atom. The monoisotopic (exact) mass is 319 g/mol. The molecular formula is C21H25N3. The van der Waals surface area contributed by atoms with Crippen LogP contribution in [0.4, 0.5) is 0 Å². The second kappa shape index (κ2) is 6.80. The van der Waals surface area contributed by atoms with Crippen LogP contribution >= 0.6 is 0 Å². The topological polar surface area (TPSA) is 31.1 Å². The van der Waals surface area contributed by atoms with Gasteiger partial charge in [0.05, 0.1) is 0 Å². The smallest absolute Gasteiger partial charge is 0.0497 e. The Hall–Kier alpha value is -2.10. The molecule has 0 saturated carbocycles. The van der Waals surface area contributed by atoms with E-state index in [2.05, 4.69) is 76.7 Å². The van der Waals surface area contributed by atoms with Gasteiger partial charge in [-0.25, -0.2) is 0 Å². The summed E-state index contributed by atoms with van der Waals surface area (Å²) in [5.74, 6) is 0. The third-order valence-electron chi connectivity index (χ3n) is 5.01. The summed E-state index contributed by atoms with van der Waals surface area (Å²) in [6, 6.07) is 20.0. The minimum absolute atomic E-state index is 0.593. The predicted molar refractivity (Wildman–Crippen MR) is 101 cm³/mol. The number of fused-ring (bicyclic) bond motifs is 1. The average molecular weight is 319 g/mol. The molecule has 0 aliphatic carbocycles. The molecular weight excluding hydrogens is 294 g/mol. The molecule has 3 heteroatoms. The van der Waals surface area contributed by atoms with E-state index in [1.54, 1.807) is 0 Å². The molecule has 0 bridgehead atoms. The molecule has 1 atom stereocenters. The highest BCUT2D eigenvalue weighted by Gasteiger charge is 2.18. The lowest BCUT2D eigenvalue weighted by Gasteiger charge is -2.31. The van der Waals surface area contributed by atoms with Crippen molar-refractivity contribution >= 4 is 10.9 Å². The Morgan fingerprint density at radius 3 is 2.67 bits per heavy atom. The van der Waals surface area contributed by atoms with Crippen LogP contribution in [0.15, 0.2) is 54.6 Å². The highest BCUT2D eigenvalue weighted by molar-refractivity contribution is 5.90. The molecule has 4 rings (SSSR count). The number of aromatic amines is 1. The predicted octanol–water partition coefficient (Wildman–Crippen LogP) is 3.67. The third-order valence-corrected chi connectivity index (χ3v) is 5.01. The Labute approximate surface area is 143 Å². The van der Waals surface area contributed by atoms with Gasteiger partial charge in [-0.3, -0.25) is 0 Å². The van der Waals surface area contributed by atoms with Crippen LogP contribution in [0.5, 0.6) is 0 Å². The highest BCUT2D eigenvalue weighted by atomic mass is 15.2. The van der Waals surface area contributed by atoms with Crippen molar-refractivity contribution < 1.29 is 0 Å². The molecule has 1 fully saturated rings. The van der Waals surface area contributed by atoms with Gasteiger partial charge in [0.25, 0.3) is 0 Å². The molecule has 1 saturated heterocycles. The van der Waals surface area contributed by atoms with Gasteiger partial charge in [0.2, 0.25) is 0 Å². The van der Waals surface area contributed by atoms with Crippen LogP contribution in [-0.4, -0.2) is 42.1 Å². The fraction of sp³-hybridized carbons (Fsp3) is 0.333. The van der Waals surface area contributed by atoms with Crippen LogP contribution < -0.4 is 5.32 Å². The molecule has 0 amide bonds. The van der Waals surface area contributed by atoms with Gasteiger partial charge in [-0.15, -0.1) is 0 Å². The van der Waals surface area contributed by atoms with Gasteiger partial charge in [-0.05, 0) is 30.5 Å². The lowest BCUT2D eigenvalue weighted by Crippen LogP contribution is -2.49. The normalized spacial score (nSPS) is 19.0. The SMILES string of the molecule is CC1CN(CCc2c(-c3ccccc3)[nH]c3ccccc23)CCN1. The van der Waals surface area contributed by atoms with Crippen LogP contribution in [0.2, 0.25) is 0 Å². The largest absolute Gasteiger partial charge is 0.354 e. The molecule has 1 aromatic heterocycles. The number of aromatic nitrogens is 1. The molecule has 24 heavy (non-hydrogen) atoms. The number of H-pyrrole nitrogens is 1. The Morgan fingerprint density at radius 2 is 1.83 bits per heavy atom. The summed E-state index contributed by atoms with van der Waals surface area (Å²) in [7, 11) is 0. The van der Waals surface area contributed by atoms with E-state index in [9.17, 15) is 0 Å². The van der Waals surface area contributed by atoms with Gasteiger partial charge in [0.1, 0.15) is 0 Å². The Bertz CT molecular complexity index is 806. The summed E-state index contributed by atoms with van der Waals surface area (Å²) in [5.41, 5.74) is 5.24. The van der Waals surface area contributed by atoms with Crippen molar-refractivity contribution in [1.82, 2.24) is 15.2 Å². The molecule has 1 unspecified atom stereocenters. The van der Waals surface area contributed by atoms with E-state index in [1.165, 1.54) is 27.7 Å². The van der Waals surface area contributed by atoms with Gasteiger partial charge in [0.15, 0.2) is 0 Å². The number of nitrogens with zero attached hydrogens (tertiary/aromatic N) is 1. The molecule has 124 valence electrons. The van der Waals surface area contributed by atoms with Crippen LogP contribution in [0.25, 0.3) is 22.2 Å². The average Bonchev–Trinajstić information content (AvgIpc) is 2.99. The number of rotatable bonds is 4. The molecule has 2 aromatic carbocycles. The van der Waals surface area contributed by atoms with Gasteiger partial charge in [-0.2, -0.15) is 0 Å². The molecule has 3 aromatic rings. The fourth-order valence-corrected chi connectivity index (χ4v) is 3.80. The van der Waals surface area contributed by atoms with Crippen molar-refractivity contribution in [2.75, 3.05) is 26.2 Å². The molecule has 2 heterocycles. The number of hydrogen-bond donors (Lipinski definition) is 2. The molecule has 1 aliphatic heterocycles. The standard InChI is InChI=1S/C21H25N3/c1-16-15-24(14-12-22-16)13-11-19-18-9-5-6-10-20(18)23-21(19)17-7-3-2-4-8-17/h2-10,16,22-23H,11-15H2,1H3. The van der Waals surface area contributed by atoms with E-state index < -0.39 is 0 Å². The quantitative estimate of drug-likeness (QED) is 0.769. The van der Waals surface area contributed by atoms with Gasteiger partial charge >= 0.3 is 0 Å². The second-order valence-electron chi connectivity index (χ2n) is 6.80.